The highest BCUT2D eigenvalue weighted by Crippen LogP contribution is 1.56. The van der Waals surface area contributed by atoms with Crippen molar-refractivity contribution in [3.05, 3.63) is 0 Å². The summed E-state index contributed by atoms with van der Waals surface area (Å²) in [6.07, 6.45) is 1.25. The Morgan fingerprint density at radius 3 is 2.00 bits per heavy atom. The Kier molecular flexibility index (Phi) is 13.7. The predicted octanol–water partition coefficient (Wildman–Crippen LogP) is 0.531. The number of hydrogen-bond acceptors (Lipinski definition) is 2. The number of aliphatic hydroxyl groups excluding tert-OH is 1. The van der Waals surface area contributed by atoms with Gasteiger partial charge in [-0.15, -0.1) is 0 Å². The minimum Gasteiger partial charge on any atom is -0.395 e. The van der Waals surface area contributed by atoms with Gasteiger partial charge in [-0.05, 0) is 0 Å². The van der Waals surface area contributed by atoms with Crippen molar-refractivity contribution in [2.75, 3.05) is 13.2 Å². The fourth-order valence-corrected chi connectivity index (χ4v) is 0.232. The van der Waals surface area contributed by atoms with Crippen LogP contribution in [0.4, 0.5) is 0 Å². The van der Waals surface area contributed by atoms with E-state index in [1.165, 1.54) is 13.3 Å². The molecule has 3 heteroatoms. The second kappa shape index (κ2) is 11.3. The maximum atomic E-state index is 9.98. The third-order valence-electron chi connectivity index (χ3n) is 0.486. The van der Waals surface area contributed by atoms with Gasteiger partial charge in [-0.2, -0.15) is 0 Å². The van der Waals surface area contributed by atoms with Crippen LogP contribution < -0.4 is 5.32 Å². The van der Waals surface area contributed by atoms with Crippen molar-refractivity contribution >= 4 is 5.91 Å². The van der Waals surface area contributed by atoms with Crippen molar-refractivity contribution in [3.63, 3.8) is 0 Å². The van der Waals surface area contributed by atoms with Gasteiger partial charge in [-0.25, -0.2) is 0 Å². The molecule has 0 heterocycles. The van der Waals surface area contributed by atoms with Gasteiger partial charge in [0, 0.05) is 13.5 Å². The van der Waals surface area contributed by atoms with Crippen LogP contribution in [0.3, 0.4) is 0 Å². The smallest absolute Gasteiger partial charge is 0.216 e. The first-order chi connectivity index (χ1) is 4.68. The molecule has 0 unspecified atom stereocenters. The highest BCUT2D eigenvalue weighted by atomic mass is 16.3. The molecule has 0 saturated heterocycles. The summed E-state index contributed by atoms with van der Waals surface area (Å²) in [7, 11) is 0. The summed E-state index contributed by atoms with van der Waals surface area (Å²) in [5, 5.41) is 10.5. The Morgan fingerprint density at radius 1 is 1.50 bits per heavy atom. The van der Waals surface area contributed by atoms with E-state index in [-0.39, 0.29) is 12.5 Å². The summed E-state index contributed by atoms with van der Waals surface area (Å²) in [6.45, 7) is 6.03. The van der Waals surface area contributed by atoms with Gasteiger partial charge >= 0.3 is 0 Å². The van der Waals surface area contributed by atoms with E-state index in [9.17, 15) is 4.79 Å². The highest BCUT2D eigenvalue weighted by molar-refractivity contribution is 5.72. The lowest BCUT2D eigenvalue weighted by Crippen LogP contribution is -2.22. The monoisotopic (exact) mass is 147 g/mol. The van der Waals surface area contributed by atoms with Gasteiger partial charge in [0.25, 0.3) is 0 Å². The maximum Gasteiger partial charge on any atom is 0.216 e. The van der Waals surface area contributed by atoms with E-state index in [1.807, 2.05) is 0 Å². The Balaban J connectivity index is 0. The molecule has 62 valence electrons. The van der Waals surface area contributed by atoms with Crippen LogP contribution in [0.2, 0.25) is 0 Å². The molecule has 10 heavy (non-hydrogen) atoms. The molecule has 0 aromatic heterocycles. The zero-order chi connectivity index (χ0) is 8.41. The number of nitrogens with one attached hydrogen (secondary N) is 1. The van der Waals surface area contributed by atoms with E-state index in [0.717, 1.165) is 0 Å². The zero-order valence-electron chi connectivity index (χ0n) is 6.98. The van der Waals surface area contributed by atoms with E-state index >= 15 is 0 Å². The second-order valence-electron chi connectivity index (χ2n) is 1.91. The van der Waals surface area contributed by atoms with Gasteiger partial charge in [0.2, 0.25) is 5.91 Å². The van der Waals surface area contributed by atoms with Crippen molar-refractivity contribution < 1.29 is 9.90 Å². The predicted molar refractivity (Wildman–Crippen MR) is 41.7 cm³/mol. The zero-order valence-corrected chi connectivity index (χ0v) is 6.98. The lowest BCUT2D eigenvalue weighted by Gasteiger charge is -1.93. The Labute approximate surface area is 62.4 Å². The molecular weight excluding hydrogens is 130 g/mol. The van der Waals surface area contributed by atoms with Crippen molar-refractivity contribution in [3.8, 4) is 0 Å². The topological polar surface area (TPSA) is 49.3 Å². The van der Waals surface area contributed by atoms with Crippen LogP contribution in [0.15, 0.2) is 0 Å². The standard InChI is InChI=1S/C4H9NO2.C3H8/c1-4(7)5-2-3-6;1-3-2/h6H,2-3H2,1H3,(H,5,7);3H2,1-2H3. The van der Waals surface area contributed by atoms with Crippen molar-refractivity contribution in [2.45, 2.75) is 27.2 Å². The first-order valence-electron chi connectivity index (χ1n) is 3.54. The molecule has 0 atom stereocenters. The number of carbonyl (C=O) groups excluding carboxylic acids is 1. The van der Waals surface area contributed by atoms with E-state index in [1.54, 1.807) is 0 Å². The van der Waals surface area contributed by atoms with Crippen LogP contribution in [0.1, 0.15) is 27.2 Å². The highest BCUT2D eigenvalue weighted by Gasteiger charge is 1.83. The summed E-state index contributed by atoms with van der Waals surface area (Å²) in [5.74, 6) is -0.103. The summed E-state index contributed by atoms with van der Waals surface area (Å²) in [4.78, 5) is 9.98. The van der Waals surface area contributed by atoms with Crippen LogP contribution in [0.25, 0.3) is 0 Å². The molecule has 0 aliphatic heterocycles. The van der Waals surface area contributed by atoms with Crippen molar-refractivity contribution in [2.24, 2.45) is 0 Å². The van der Waals surface area contributed by atoms with Crippen LogP contribution in [-0.2, 0) is 4.79 Å². The molecule has 0 aromatic carbocycles. The van der Waals surface area contributed by atoms with Gasteiger partial charge in [0.15, 0.2) is 0 Å². The number of carbonyl (C=O) groups is 1. The minimum atomic E-state index is -0.103. The van der Waals surface area contributed by atoms with E-state index in [0.29, 0.717) is 6.54 Å². The number of amides is 1. The van der Waals surface area contributed by atoms with Gasteiger partial charge in [0.1, 0.15) is 0 Å². The summed E-state index contributed by atoms with van der Waals surface area (Å²) in [5.41, 5.74) is 0. The fourth-order valence-electron chi connectivity index (χ4n) is 0.232. The van der Waals surface area contributed by atoms with Crippen LogP contribution in [-0.4, -0.2) is 24.2 Å². The van der Waals surface area contributed by atoms with Crippen LogP contribution in [0.5, 0.6) is 0 Å². The first kappa shape index (κ1) is 12.1. The lowest BCUT2D eigenvalue weighted by molar-refractivity contribution is -0.119. The molecule has 0 fully saturated rings. The van der Waals surface area contributed by atoms with Gasteiger partial charge in [-0.3, -0.25) is 4.79 Å². The molecule has 0 spiro atoms. The molecular formula is C7H17NO2. The Bertz CT molecular complexity index is 74.0. The molecule has 0 radical (unpaired) electrons. The molecule has 1 amide bonds. The molecule has 0 saturated carbocycles. The maximum absolute atomic E-state index is 9.98. The Hall–Kier alpha value is -0.570. The minimum absolute atomic E-state index is 0.0135. The van der Waals surface area contributed by atoms with Crippen molar-refractivity contribution in [1.29, 1.82) is 0 Å². The normalized spacial score (nSPS) is 7.60. The van der Waals surface area contributed by atoms with Crippen LogP contribution in [0, 0.1) is 0 Å². The fraction of sp³-hybridized carbons (Fsp3) is 0.857. The third kappa shape index (κ3) is 26.1. The SMILES string of the molecule is CC(=O)NCCO.CCC. The second-order valence-corrected chi connectivity index (χ2v) is 1.91. The van der Waals surface area contributed by atoms with Crippen LogP contribution >= 0.6 is 0 Å². The van der Waals surface area contributed by atoms with E-state index < -0.39 is 0 Å². The summed E-state index contributed by atoms with van der Waals surface area (Å²) in [6, 6.07) is 0. The molecule has 0 rings (SSSR count). The average Bonchev–Trinajstić information content (AvgIpc) is 1.85. The van der Waals surface area contributed by atoms with Gasteiger partial charge in [0.05, 0.1) is 6.61 Å². The summed E-state index contributed by atoms with van der Waals surface area (Å²) >= 11 is 0. The number of hydrogen-bond donors (Lipinski definition) is 2. The first-order valence-corrected chi connectivity index (χ1v) is 3.54. The molecule has 0 bridgehead atoms. The molecule has 3 nitrogen and oxygen atoms in total. The quantitative estimate of drug-likeness (QED) is 0.598. The molecule has 0 aromatic rings. The summed E-state index contributed by atoms with van der Waals surface area (Å²) < 4.78 is 0. The third-order valence-corrected chi connectivity index (χ3v) is 0.486. The number of aliphatic hydroxyl groups is 1. The lowest BCUT2D eigenvalue weighted by atomic mass is 10.6. The van der Waals surface area contributed by atoms with E-state index in [4.69, 9.17) is 5.11 Å². The van der Waals surface area contributed by atoms with E-state index in [2.05, 4.69) is 19.2 Å². The van der Waals surface area contributed by atoms with Crippen molar-refractivity contribution in [1.82, 2.24) is 5.32 Å². The molecule has 2 N–H and O–H groups in total. The largest absolute Gasteiger partial charge is 0.395 e. The Morgan fingerprint density at radius 2 is 1.90 bits per heavy atom. The molecule has 0 aliphatic carbocycles. The van der Waals surface area contributed by atoms with Gasteiger partial charge < -0.3 is 10.4 Å². The van der Waals surface area contributed by atoms with Gasteiger partial charge in [-0.1, -0.05) is 20.3 Å². The number of rotatable bonds is 2. The molecule has 0 aliphatic rings. The average molecular weight is 147 g/mol.